The van der Waals surface area contributed by atoms with Gasteiger partial charge in [0.15, 0.2) is 0 Å². The van der Waals surface area contributed by atoms with Crippen molar-refractivity contribution in [3.8, 4) is 0 Å². The van der Waals surface area contributed by atoms with Gasteiger partial charge in [-0.15, -0.1) is 0 Å². The van der Waals surface area contributed by atoms with Gasteiger partial charge in [-0.1, -0.05) is 52.9 Å². The van der Waals surface area contributed by atoms with Crippen LogP contribution in [0.1, 0.15) is 59.3 Å². The first-order valence-electron chi connectivity index (χ1n) is 8.78. The first kappa shape index (κ1) is 18.0. The normalized spacial score (nSPS) is 11.2. The van der Waals surface area contributed by atoms with Crippen molar-refractivity contribution in [2.24, 2.45) is 0 Å². The molecule has 0 saturated heterocycles. The highest BCUT2D eigenvalue weighted by Crippen LogP contribution is 2.08. The average Bonchev–Trinajstić information content (AvgIpc) is 2.95. The standard InChI is InChI=1S/C17H34N4/c1-4-7-8-9-10-11-12-18-17-15-19-21(16-17)14-13-20(5-2)6-3/h15-16,18H,4-14H2,1-3H3. The fraction of sp³-hybridized carbons (Fsp3) is 0.824. The van der Waals surface area contributed by atoms with Crippen LogP contribution >= 0.6 is 0 Å². The summed E-state index contributed by atoms with van der Waals surface area (Å²) in [5.41, 5.74) is 1.16. The van der Waals surface area contributed by atoms with Gasteiger partial charge in [0.1, 0.15) is 0 Å². The molecule has 122 valence electrons. The molecule has 0 amide bonds. The van der Waals surface area contributed by atoms with E-state index in [1.54, 1.807) is 0 Å². The van der Waals surface area contributed by atoms with E-state index in [1.165, 1.54) is 38.5 Å². The quantitative estimate of drug-likeness (QED) is 0.558. The predicted molar refractivity (Wildman–Crippen MR) is 91.9 cm³/mol. The minimum atomic E-state index is 0.973. The summed E-state index contributed by atoms with van der Waals surface area (Å²) in [5, 5.41) is 7.90. The molecular formula is C17H34N4. The van der Waals surface area contributed by atoms with E-state index in [-0.39, 0.29) is 0 Å². The molecule has 4 nitrogen and oxygen atoms in total. The number of rotatable bonds is 13. The second-order valence-electron chi connectivity index (χ2n) is 5.71. The molecule has 0 aliphatic carbocycles. The van der Waals surface area contributed by atoms with Crippen LogP contribution in [0.25, 0.3) is 0 Å². The van der Waals surface area contributed by atoms with Gasteiger partial charge in [-0.25, -0.2) is 0 Å². The van der Waals surface area contributed by atoms with Crippen molar-refractivity contribution in [3.05, 3.63) is 12.4 Å². The van der Waals surface area contributed by atoms with Gasteiger partial charge in [0.05, 0.1) is 18.4 Å². The third-order valence-electron chi connectivity index (χ3n) is 4.03. The number of hydrogen-bond donors (Lipinski definition) is 1. The van der Waals surface area contributed by atoms with Crippen molar-refractivity contribution >= 4 is 5.69 Å². The molecule has 0 spiro atoms. The van der Waals surface area contributed by atoms with Gasteiger partial charge in [-0.3, -0.25) is 4.68 Å². The molecule has 0 fully saturated rings. The average molecular weight is 294 g/mol. The Morgan fingerprint density at radius 1 is 1.05 bits per heavy atom. The minimum absolute atomic E-state index is 0.973. The Balaban J connectivity index is 2.11. The molecule has 0 aliphatic heterocycles. The molecule has 1 rings (SSSR count). The Morgan fingerprint density at radius 2 is 1.76 bits per heavy atom. The third-order valence-corrected chi connectivity index (χ3v) is 4.03. The van der Waals surface area contributed by atoms with Crippen LogP contribution in [-0.4, -0.2) is 40.9 Å². The molecule has 0 bridgehead atoms. The van der Waals surface area contributed by atoms with Crippen LogP contribution in [0.15, 0.2) is 12.4 Å². The van der Waals surface area contributed by atoms with Crippen LogP contribution in [0.4, 0.5) is 5.69 Å². The van der Waals surface area contributed by atoms with Crippen molar-refractivity contribution in [1.29, 1.82) is 0 Å². The molecule has 0 unspecified atom stereocenters. The summed E-state index contributed by atoms with van der Waals surface area (Å²) < 4.78 is 2.04. The molecule has 0 radical (unpaired) electrons. The van der Waals surface area contributed by atoms with Crippen LogP contribution in [0, 0.1) is 0 Å². The Kier molecular flexibility index (Phi) is 9.96. The largest absolute Gasteiger partial charge is 0.383 e. The SMILES string of the molecule is CCCCCCCCNc1cnn(CCN(CC)CC)c1. The predicted octanol–water partition coefficient (Wildman–Crippen LogP) is 4.00. The molecule has 1 aromatic heterocycles. The summed E-state index contributed by atoms with van der Waals surface area (Å²) in [6.45, 7) is 12.0. The number of likely N-dealkylation sites (N-methyl/N-ethyl adjacent to an activating group) is 1. The minimum Gasteiger partial charge on any atom is -0.383 e. The summed E-state index contributed by atoms with van der Waals surface area (Å²) in [4.78, 5) is 2.42. The highest BCUT2D eigenvalue weighted by molar-refractivity contribution is 5.37. The summed E-state index contributed by atoms with van der Waals surface area (Å²) in [5.74, 6) is 0. The van der Waals surface area contributed by atoms with Crippen molar-refractivity contribution in [2.45, 2.75) is 65.8 Å². The lowest BCUT2D eigenvalue weighted by molar-refractivity contribution is 0.285. The zero-order valence-corrected chi connectivity index (χ0v) is 14.3. The number of anilines is 1. The Morgan fingerprint density at radius 3 is 2.48 bits per heavy atom. The lowest BCUT2D eigenvalue weighted by Gasteiger charge is -2.17. The molecule has 21 heavy (non-hydrogen) atoms. The summed E-state index contributed by atoms with van der Waals surface area (Å²) >= 11 is 0. The number of nitrogens with one attached hydrogen (secondary N) is 1. The Hall–Kier alpha value is -1.03. The van der Waals surface area contributed by atoms with E-state index in [0.717, 1.165) is 38.4 Å². The molecule has 0 aliphatic rings. The maximum atomic E-state index is 4.42. The van der Waals surface area contributed by atoms with Gasteiger partial charge in [0, 0.05) is 19.3 Å². The zero-order chi connectivity index (χ0) is 15.3. The van der Waals surface area contributed by atoms with Crippen molar-refractivity contribution in [2.75, 3.05) is 31.5 Å². The third kappa shape index (κ3) is 8.10. The lowest BCUT2D eigenvalue weighted by Crippen LogP contribution is -2.27. The summed E-state index contributed by atoms with van der Waals surface area (Å²) in [7, 11) is 0. The van der Waals surface area contributed by atoms with E-state index in [4.69, 9.17) is 0 Å². The molecule has 1 aromatic rings. The summed E-state index contributed by atoms with van der Waals surface area (Å²) in [6.07, 6.45) is 12.1. The zero-order valence-electron chi connectivity index (χ0n) is 14.3. The molecular weight excluding hydrogens is 260 g/mol. The van der Waals surface area contributed by atoms with Gasteiger partial charge >= 0.3 is 0 Å². The lowest BCUT2D eigenvalue weighted by atomic mass is 10.1. The van der Waals surface area contributed by atoms with Gasteiger partial charge in [0.25, 0.3) is 0 Å². The number of hydrogen-bond acceptors (Lipinski definition) is 3. The van der Waals surface area contributed by atoms with Crippen LogP contribution in [0.2, 0.25) is 0 Å². The first-order valence-corrected chi connectivity index (χ1v) is 8.78. The van der Waals surface area contributed by atoms with Gasteiger partial charge in [-0.05, 0) is 19.5 Å². The van der Waals surface area contributed by atoms with Crippen LogP contribution in [-0.2, 0) is 6.54 Å². The highest BCUT2D eigenvalue weighted by atomic mass is 15.3. The number of nitrogens with zero attached hydrogens (tertiary/aromatic N) is 3. The van der Waals surface area contributed by atoms with Crippen LogP contribution in [0.5, 0.6) is 0 Å². The van der Waals surface area contributed by atoms with E-state index in [0.29, 0.717) is 0 Å². The maximum Gasteiger partial charge on any atom is 0.0726 e. The second kappa shape index (κ2) is 11.6. The smallest absolute Gasteiger partial charge is 0.0726 e. The van der Waals surface area contributed by atoms with E-state index in [9.17, 15) is 0 Å². The van der Waals surface area contributed by atoms with E-state index in [1.807, 2.05) is 10.9 Å². The monoisotopic (exact) mass is 294 g/mol. The number of aromatic nitrogens is 2. The van der Waals surface area contributed by atoms with Crippen molar-refractivity contribution < 1.29 is 0 Å². The van der Waals surface area contributed by atoms with E-state index in [2.05, 4.69) is 42.3 Å². The molecule has 0 saturated carbocycles. The van der Waals surface area contributed by atoms with Gasteiger partial charge in [-0.2, -0.15) is 5.10 Å². The number of unbranched alkanes of at least 4 members (excludes halogenated alkanes) is 5. The van der Waals surface area contributed by atoms with Crippen LogP contribution in [0.3, 0.4) is 0 Å². The molecule has 1 heterocycles. The topological polar surface area (TPSA) is 33.1 Å². The second-order valence-corrected chi connectivity index (χ2v) is 5.71. The first-order chi connectivity index (χ1) is 10.3. The molecule has 0 aromatic carbocycles. The fourth-order valence-electron chi connectivity index (χ4n) is 2.50. The van der Waals surface area contributed by atoms with Crippen molar-refractivity contribution in [3.63, 3.8) is 0 Å². The Bertz CT molecular complexity index is 344. The van der Waals surface area contributed by atoms with Gasteiger partial charge in [0.2, 0.25) is 0 Å². The summed E-state index contributed by atoms with van der Waals surface area (Å²) in [6, 6.07) is 0. The van der Waals surface area contributed by atoms with E-state index >= 15 is 0 Å². The molecule has 4 heteroatoms. The maximum absolute atomic E-state index is 4.42. The van der Waals surface area contributed by atoms with Gasteiger partial charge < -0.3 is 10.2 Å². The van der Waals surface area contributed by atoms with E-state index < -0.39 is 0 Å². The fourth-order valence-corrected chi connectivity index (χ4v) is 2.50. The Labute approximate surface area is 130 Å². The van der Waals surface area contributed by atoms with Crippen LogP contribution < -0.4 is 5.32 Å². The molecule has 1 N–H and O–H groups in total. The molecule has 0 atom stereocenters. The van der Waals surface area contributed by atoms with Crippen molar-refractivity contribution in [1.82, 2.24) is 14.7 Å². The highest BCUT2D eigenvalue weighted by Gasteiger charge is 2.01.